The highest BCUT2D eigenvalue weighted by molar-refractivity contribution is 5.38. The van der Waals surface area contributed by atoms with Gasteiger partial charge in [0, 0.05) is 36.1 Å². The van der Waals surface area contributed by atoms with Gasteiger partial charge in [-0.2, -0.15) is 5.10 Å². The Morgan fingerprint density at radius 2 is 2.12 bits per heavy atom. The smallest absolute Gasteiger partial charge is 0.155 e. The van der Waals surface area contributed by atoms with Crippen LogP contribution in [0, 0.1) is 6.92 Å². The van der Waals surface area contributed by atoms with Gasteiger partial charge in [0.25, 0.3) is 0 Å². The van der Waals surface area contributed by atoms with Crippen LogP contribution in [-0.4, -0.2) is 20.1 Å². The molecule has 2 aromatic rings. The number of hydrogen-bond donors (Lipinski definition) is 1. The maximum atomic E-state index is 4.36. The Labute approximate surface area is 95.7 Å². The first-order chi connectivity index (χ1) is 7.44. The minimum atomic E-state index is 0.120. The van der Waals surface area contributed by atoms with Crippen molar-refractivity contribution in [3.05, 3.63) is 29.7 Å². The molecule has 0 aliphatic heterocycles. The van der Waals surface area contributed by atoms with E-state index in [9.17, 15) is 0 Å². The number of aromatic nitrogens is 3. The number of rotatable bonds is 2. The third kappa shape index (κ3) is 2.58. The SMILES string of the molecule is Cc1cc2ncc(CNC(C)(C)C)cn2n1. The lowest BCUT2D eigenvalue weighted by atomic mass is 10.1. The average molecular weight is 218 g/mol. The molecule has 1 N–H and O–H groups in total. The maximum absolute atomic E-state index is 4.36. The van der Waals surface area contributed by atoms with Crippen LogP contribution >= 0.6 is 0 Å². The topological polar surface area (TPSA) is 42.2 Å². The molecule has 0 saturated heterocycles. The van der Waals surface area contributed by atoms with Gasteiger partial charge in [-0.1, -0.05) is 0 Å². The summed E-state index contributed by atoms with van der Waals surface area (Å²) in [7, 11) is 0. The van der Waals surface area contributed by atoms with E-state index < -0.39 is 0 Å². The second kappa shape index (κ2) is 3.87. The van der Waals surface area contributed by atoms with Crippen LogP contribution in [0.15, 0.2) is 18.5 Å². The normalized spacial score (nSPS) is 12.2. The molecule has 0 aromatic carbocycles. The second-order valence-corrected chi connectivity index (χ2v) is 5.15. The van der Waals surface area contributed by atoms with E-state index in [4.69, 9.17) is 0 Å². The fraction of sp³-hybridized carbons (Fsp3) is 0.500. The van der Waals surface area contributed by atoms with Crippen LogP contribution in [0.5, 0.6) is 0 Å². The summed E-state index contributed by atoms with van der Waals surface area (Å²) in [5.41, 5.74) is 3.16. The Bertz CT molecular complexity index is 493. The van der Waals surface area contributed by atoms with E-state index >= 15 is 0 Å². The molecule has 0 radical (unpaired) electrons. The number of fused-ring (bicyclic) bond motifs is 1. The largest absolute Gasteiger partial charge is 0.308 e. The Morgan fingerprint density at radius 1 is 1.38 bits per heavy atom. The van der Waals surface area contributed by atoms with Crippen LogP contribution in [0.2, 0.25) is 0 Å². The Hall–Kier alpha value is -1.42. The molecule has 4 heteroatoms. The van der Waals surface area contributed by atoms with Crippen molar-refractivity contribution in [1.82, 2.24) is 19.9 Å². The van der Waals surface area contributed by atoms with E-state index in [-0.39, 0.29) is 5.54 Å². The van der Waals surface area contributed by atoms with E-state index in [1.165, 1.54) is 0 Å². The molecule has 0 amide bonds. The highest BCUT2D eigenvalue weighted by atomic mass is 15.2. The van der Waals surface area contributed by atoms with Crippen LogP contribution in [0.4, 0.5) is 0 Å². The van der Waals surface area contributed by atoms with E-state index in [1.807, 2.05) is 29.9 Å². The number of aryl methyl sites for hydroxylation is 1. The summed E-state index contributed by atoms with van der Waals surface area (Å²) in [4.78, 5) is 4.36. The van der Waals surface area contributed by atoms with Gasteiger partial charge in [-0.15, -0.1) is 0 Å². The van der Waals surface area contributed by atoms with Crippen LogP contribution in [0.25, 0.3) is 5.65 Å². The summed E-state index contributed by atoms with van der Waals surface area (Å²) in [6.45, 7) is 9.23. The van der Waals surface area contributed by atoms with Crippen molar-refractivity contribution < 1.29 is 0 Å². The van der Waals surface area contributed by atoms with Gasteiger partial charge >= 0.3 is 0 Å². The summed E-state index contributed by atoms with van der Waals surface area (Å²) in [5, 5.41) is 7.77. The number of hydrogen-bond acceptors (Lipinski definition) is 3. The molecule has 0 bridgehead atoms. The summed E-state index contributed by atoms with van der Waals surface area (Å²) in [5.74, 6) is 0. The zero-order valence-corrected chi connectivity index (χ0v) is 10.3. The fourth-order valence-electron chi connectivity index (χ4n) is 1.49. The quantitative estimate of drug-likeness (QED) is 0.837. The maximum Gasteiger partial charge on any atom is 0.155 e. The molecule has 2 aromatic heterocycles. The summed E-state index contributed by atoms with van der Waals surface area (Å²) in [6, 6.07) is 1.97. The highest BCUT2D eigenvalue weighted by Crippen LogP contribution is 2.06. The molecule has 2 rings (SSSR count). The third-order valence-electron chi connectivity index (χ3n) is 2.31. The van der Waals surface area contributed by atoms with Crippen molar-refractivity contribution in [1.29, 1.82) is 0 Å². The van der Waals surface area contributed by atoms with E-state index in [1.54, 1.807) is 0 Å². The predicted octanol–water partition coefficient (Wildman–Crippen LogP) is 1.93. The molecule has 0 spiro atoms. The molecule has 0 fully saturated rings. The summed E-state index contributed by atoms with van der Waals surface area (Å²) >= 11 is 0. The lowest BCUT2D eigenvalue weighted by molar-refractivity contribution is 0.423. The zero-order chi connectivity index (χ0) is 11.8. The van der Waals surface area contributed by atoms with Gasteiger partial charge < -0.3 is 5.32 Å². The summed E-state index contributed by atoms with van der Waals surface area (Å²) < 4.78 is 1.83. The van der Waals surface area contributed by atoms with E-state index in [0.717, 1.165) is 23.4 Å². The lowest BCUT2D eigenvalue weighted by Crippen LogP contribution is -2.35. The fourth-order valence-corrected chi connectivity index (χ4v) is 1.49. The van der Waals surface area contributed by atoms with Gasteiger partial charge in [0.2, 0.25) is 0 Å². The first kappa shape index (κ1) is 11.1. The van der Waals surface area contributed by atoms with Crippen molar-refractivity contribution in [2.24, 2.45) is 0 Å². The molecular formula is C12H18N4. The molecular weight excluding hydrogens is 200 g/mol. The van der Waals surface area contributed by atoms with Crippen molar-refractivity contribution >= 4 is 5.65 Å². The predicted molar refractivity (Wildman–Crippen MR) is 64.3 cm³/mol. The van der Waals surface area contributed by atoms with Crippen molar-refractivity contribution in [2.75, 3.05) is 0 Å². The molecule has 2 heterocycles. The van der Waals surface area contributed by atoms with Gasteiger partial charge in [-0.3, -0.25) is 0 Å². The molecule has 0 unspecified atom stereocenters. The van der Waals surface area contributed by atoms with Gasteiger partial charge in [0.15, 0.2) is 5.65 Å². The monoisotopic (exact) mass is 218 g/mol. The summed E-state index contributed by atoms with van der Waals surface area (Å²) in [6.07, 6.45) is 3.92. The minimum Gasteiger partial charge on any atom is -0.308 e. The Balaban J connectivity index is 2.19. The molecule has 86 valence electrons. The van der Waals surface area contributed by atoms with Crippen molar-refractivity contribution in [2.45, 2.75) is 39.8 Å². The van der Waals surface area contributed by atoms with Crippen LogP contribution in [-0.2, 0) is 6.54 Å². The van der Waals surface area contributed by atoms with Gasteiger partial charge in [0.05, 0.1) is 5.69 Å². The standard InChI is InChI=1S/C12H18N4/c1-9-5-11-13-6-10(8-16(11)15-9)7-14-12(2,3)4/h5-6,8,14H,7H2,1-4H3. The first-order valence-electron chi connectivity index (χ1n) is 5.50. The average Bonchev–Trinajstić information content (AvgIpc) is 2.52. The lowest BCUT2D eigenvalue weighted by Gasteiger charge is -2.20. The highest BCUT2D eigenvalue weighted by Gasteiger charge is 2.09. The molecule has 0 aliphatic rings. The van der Waals surface area contributed by atoms with Gasteiger partial charge in [0.1, 0.15) is 0 Å². The number of nitrogens with one attached hydrogen (secondary N) is 1. The van der Waals surface area contributed by atoms with Crippen molar-refractivity contribution in [3.8, 4) is 0 Å². The van der Waals surface area contributed by atoms with Gasteiger partial charge in [-0.25, -0.2) is 9.50 Å². The van der Waals surface area contributed by atoms with E-state index in [0.29, 0.717) is 0 Å². The number of nitrogens with zero attached hydrogens (tertiary/aromatic N) is 3. The van der Waals surface area contributed by atoms with E-state index in [2.05, 4.69) is 36.2 Å². The minimum absolute atomic E-state index is 0.120. The Kier molecular flexibility index (Phi) is 2.68. The zero-order valence-electron chi connectivity index (χ0n) is 10.3. The van der Waals surface area contributed by atoms with Gasteiger partial charge in [-0.05, 0) is 27.7 Å². The van der Waals surface area contributed by atoms with Crippen LogP contribution in [0.1, 0.15) is 32.0 Å². The molecule has 0 atom stereocenters. The molecule has 16 heavy (non-hydrogen) atoms. The first-order valence-corrected chi connectivity index (χ1v) is 5.50. The second-order valence-electron chi connectivity index (χ2n) is 5.15. The molecule has 0 saturated carbocycles. The van der Waals surface area contributed by atoms with Crippen LogP contribution < -0.4 is 5.32 Å². The molecule has 0 aliphatic carbocycles. The third-order valence-corrected chi connectivity index (χ3v) is 2.31. The van der Waals surface area contributed by atoms with Crippen molar-refractivity contribution in [3.63, 3.8) is 0 Å². The Morgan fingerprint density at radius 3 is 2.81 bits per heavy atom. The molecule has 4 nitrogen and oxygen atoms in total. The van der Waals surface area contributed by atoms with Crippen LogP contribution in [0.3, 0.4) is 0 Å².